The van der Waals surface area contributed by atoms with E-state index in [1.165, 1.54) is 18.1 Å². The Bertz CT molecular complexity index is 1300. The number of carbonyl (C=O) groups is 1. The van der Waals surface area contributed by atoms with Gasteiger partial charge in [0.1, 0.15) is 5.39 Å². The number of nitrogens with one attached hydrogen (secondary N) is 2. The van der Waals surface area contributed by atoms with Crippen LogP contribution in [0.1, 0.15) is 18.4 Å². The largest absolute Gasteiger partial charge is 0.324 e. The van der Waals surface area contributed by atoms with Crippen molar-refractivity contribution < 1.29 is 4.79 Å². The maximum Gasteiger partial charge on any atom is 0.261 e. The lowest BCUT2D eigenvalue weighted by atomic mass is 9.96. The number of H-pyrrole nitrogens is 1. The molecule has 5 rings (SSSR count). The Hall–Kier alpha value is -3.78. The molecule has 1 amide bonds. The normalized spacial score (nSPS) is 16.8. The van der Waals surface area contributed by atoms with E-state index in [2.05, 4.69) is 37.4 Å². The zero-order valence-corrected chi connectivity index (χ0v) is 17.6. The Morgan fingerprint density at radius 2 is 1.94 bits per heavy atom. The molecule has 3 heterocycles. The molecule has 162 valence electrons. The molecule has 0 radical (unpaired) electrons. The van der Waals surface area contributed by atoms with E-state index in [-0.39, 0.29) is 17.4 Å². The van der Waals surface area contributed by atoms with Gasteiger partial charge >= 0.3 is 0 Å². The van der Waals surface area contributed by atoms with Gasteiger partial charge in [0, 0.05) is 13.1 Å². The molecule has 1 atom stereocenters. The van der Waals surface area contributed by atoms with Gasteiger partial charge < -0.3 is 10.3 Å². The second kappa shape index (κ2) is 8.76. The van der Waals surface area contributed by atoms with E-state index in [0.717, 1.165) is 32.5 Å². The van der Waals surface area contributed by atoms with Crippen molar-refractivity contribution in [3.8, 4) is 5.69 Å². The second-order valence-corrected chi connectivity index (χ2v) is 8.09. The Kier molecular flexibility index (Phi) is 5.51. The van der Waals surface area contributed by atoms with E-state index in [1.807, 2.05) is 42.5 Å². The van der Waals surface area contributed by atoms with Crippen LogP contribution in [0.4, 0.5) is 5.69 Å². The lowest BCUT2D eigenvalue weighted by Gasteiger charge is -2.32. The molecule has 0 saturated carbocycles. The molecule has 2 aromatic heterocycles. The maximum absolute atomic E-state index is 13.2. The summed E-state index contributed by atoms with van der Waals surface area (Å²) in [5.41, 5.74) is 2.77. The highest BCUT2D eigenvalue weighted by molar-refractivity contribution is 5.95. The van der Waals surface area contributed by atoms with Gasteiger partial charge in [-0.25, -0.2) is 9.67 Å². The number of para-hydroxylation sites is 2. The van der Waals surface area contributed by atoms with Gasteiger partial charge in [0.15, 0.2) is 5.65 Å². The molecule has 1 aliphatic rings. The van der Waals surface area contributed by atoms with Crippen LogP contribution in [0.2, 0.25) is 0 Å². The topological polar surface area (TPSA) is 95.9 Å². The molecule has 0 aliphatic carbocycles. The van der Waals surface area contributed by atoms with Crippen LogP contribution in [0.5, 0.6) is 0 Å². The highest BCUT2D eigenvalue weighted by Crippen LogP contribution is 2.25. The summed E-state index contributed by atoms with van der Waals surface area (Å²) in [4.78, 5) is 34.4. The Morgan fingerprint density at radius 1 is 1.12 bits per heavy atom. The zero-order chi connectivity index (χ0) is 21.9. The standard InChI is InChI=1S/C24H24N6O2/c31-23(18-9-6-12-29(15-18)14-17-7-2-1-3-8-17)28-20-10-4-5-11-21(20)30-22-19(13-27-30)24(32)26-16-25-22/h1-5,7-8,10-11,13,16,18H,6,9,12,14-15H2,(H,28,31)(H,25,26,32). The van der Waals surface area contributed by atoms with Gasteiger partial charge in [0.25, 0.3) is 5.56 Å². The van der Waals surface area contributed by atoms with Gasteiger partial charge in [-0.3, -0.25) is 14.5 Å². The predicted molar refractivity (Wildman–Crippen MR) is 123 cm³/mol. The maximum atomic E-state index is 13.2. The van der Waals surface area contributed by atoms with Crippen LogP contribution in [-0.4, -0.2) is 43.6 Å². The molecular formula is C24H24N6O2. The molecule has 1 saturated heterocycles. The average Bonchev–Trinajstić information content (AvgIpc) is 3.26. The number of rotatable bonds is 5. The van der Waals surface area contributed by atoms with Crippen molar-refractivity contribution in [3.63, 3.8) is 0 Å². The van der Waals surface area contributed by atoms with Crippen molar-refractivity contribution in [2.45, 2.75) is 19.4 Å². The van der Waals surface area contributed by atoms with Gasteiger partial charge in [0.05, 0.1) is 29.8 Å². The number of hydrogen-bond donors (Lipinski definition) is 2. The van der Waals surface area contributed by atoms with Crippen LogP contribution in [0, 0.1) is 5.92 Å². The fourth-order valence-corrected chi connectivity index (χ4v) is 4.29. The molecule has 0 spiro atoms. The number of hydrogen-bond acceptors (Lipinski definition) is 5. The third kappa shape index (κ3) is 4.04. The number of aromatic nitrogens is 4. The highest BCUT2D eigenvalue weighted by atomic mass is 16.2. The molecule has 32 heavy (non-hydrogen) atoms. The SMILES string of the molecule is O=C(Nc1ccccc1-n1ncc2c(=O)[nH]cnc21)C1CCCN(Cc2ccccc2)C1. The van der Waals surface area contributed by atoms with E-state index in [9.17, 15) is 9.59 Å². The summed E-state index contributed by atoms with van der Waals surface area (Å²) in [5.74, 6) is -0.0895. The Balaban J connectivity index is 1.35. The summed E-state index contributed by atoms with van der Waals surface area (Å²) in [7, 11) is 0. The van der Waals surface area contributed by atoms with Crippen molar-refractivity contribution in [1.82, 2.24) is 24.6 Å². The van der Waals surface area contributed by atoms with Crippen LogP contribution >= 0.6 is 0 Å². The molecular weight excluding hydrogens is 404 g/mol. The molecule has 8 nitrogen and oxygen atoms in total. The summed E-state index contributed by atoms with van der Waals surface area (Å²) in [5, 5.41) is 7.83. The Labute approximate surface area is 184 Å². The van der Waals surface area contributed by atoms with Crippen LogP contribution < -0.4 is 10.9 Å². The third-order valence-corrected chi connectivity index (χ3v) is 5.89. The molecule has 8 heteroatoms. The number of aromatic amines is 1. The third-order valence-electron chi connectivity index (χ3n) is 5.89. The van der Waals surface area contributed by atoms with Crippen LogP contribution in [0.15, 0.2) is 71.9 Å². The van der Waals surface area contributed by atoms with E-state index in [1.54, 1.807) is 4.68 Å². The van der Waals surface area contributed by atoms with Crippen molar-refractivity contribution in [2.24, 2.45) is 5.92 Å². The van der Waals surface area contributed by atoms with Crippen molar-refractivity contribution in [2.75, 3.05) is 18.4 Å². The number of piperidine rings is 1. The van der Waals surface area contributed by atoms with Crippen LogP contribution in [0.3, 0.4) is 0 Å². The monoisotopic (exact) mass is 428 g/mol. The summed E-state index contributed by atoms with van der Waals surface area (Å²) >= 11 is 0. The first-order valence-corrected chi connectivity index (χ1v) is 10.8. The van der Waals surface area contributed by atoms with E-state index < -0.39 is 0 Å². The quantitative estimate of drug-likeness (QED) is 0.510. The number of anilines is 1. The van der Waals surface area contributed by atoms with Crippen molar-refractivity contribution >= 4 is 22.6 Å². The van der Waals surface area contributed by atoms with E-state index in [4.69, 9.17) is 0 Å². The zero-order valence-electron chi connectivity index (χ0n) is 17.6. The lowest BCUT2D eigenvalue weighted by molar-refractivity contribution is -0.121. The Morgan fingerprint density at radius 3 is 2.81 bits per heavy atom. The minimum absolute atomic E-state index is 0.00233. The highest BCUT2D eigenvalue weighted by Gasteiger charge is 2.26. The van der Waals surface area contributed by atoms with Gasteiger partial charge in [-0.15, -0.1) is 0 Å². The van der Waals surface area contributed by atoms with Gasteiger partial charge in [-0.05, 0) is 37.1 Å². The minimum Gasteiger partial charge on any atom is -0.324 e. The fraction of sp³-hybridized carbons (Fsp3) is 0.250. The molecule has 1 fully saturated rings. The number of amides is 1. The summed E-state index contributed by atoms with van der Waals surface area (Å²) < 4.78 is 1.59. The molecule has 4 aromatic rings. The molecule has 0 bridgehead atoms. The van der Waals surface area contributed by atoms with Crippen LogP contribution in [-0.2, 0) is 11.3 Å². The summed E-state index contributed by atoms with van der Waals surface area (Å²) in [6.45, 7) is 2.57. The van der Waals surface area contributed by atoms with Crippen LogP contribution in [0.25, 0.3) is 16.7 Å². The van der Waals surface area contributed by atoms with Crippen molar-refractivity contribution in [3.05, 3.63) is 83.0 Å². The average molecular weight is 428 g/mol. The lowest BCUT2D eigenvalue weighted by Crippen LogP contribution is -2.40. The first-order chi connectivity index (χ1) is 15.7. The first-order valence-electron chi connectivity index (χ1n) is 10.8. The summed E-state index contributed by atoms with van der Waals surface area (Å²) in [6.07, 6.45) is 4.69. The second-order valence-electron chi connectivity index (χ2n) is 8.09. The first kappa shape index (κ1) is 20.1. The van der Waals surface area contributed by atoms with Crippen molar-refractivity contribution in [1.29, 1.82) is 0 Å². The number of fused-ring (bicyclic) bond motifs is 1. The van der Waals surface area contributed by atoms with Gasteiger partial charge in [-0.2, -0.15) is 5.10 Å². The minimum atomic E-state index is -0.247. The van der Waals surface area contributed by atoms with Gasteiger partial charge in [0.2, 0.25) is 5.91 Å². The number of carbonyl (C=O) groups excluding carboxylic acids is 1. The molecule has 1 aliphatic heterocycles. The number of likely N-dealkylation sites (tertiary alicyclic amines) is 1. The molecule has 1 unspecified atom stereocenters. The van der Waals surface area contributed by atoms with Gasteiger partial charge in [-0.1, -0.05) is 42.5 Å². The van der Waals surface area contributed by atoms with E-state index >= 15 is 0 Å². The van der Waals surface area contributed by atoms with E-state index in [0.29, 0.717) is 22.4 Å². The molecule has 2 aromatic carbocycles. The summed E-state index contributed by atoms with van der Waals surface area (Å²) in [6, 6.07) is 17.8. The number of benzene rings is 2. The molecule has 2 N–H and O–H groups in total. The number of nitrogens with zero attached hydrogens (tertiary/aromatic N) is 4. The fourth-order valence-electron chi connectivity index (χ4n) is 4.29. The predicted octanol–water partition coefficient (Wildman–Crippen LogP) is 2.96. The smallest absolute Gasteiger partial charge is 0.261 e.